The first kappa shape index (κ1) is 25.2. The van der Waals surface area contributed by atoms with Gasteiger partial charge in [-0.15, -0.1) is 0 Å². The van der Waals surface area contributed by atoms with Gasteiger partial charge in [0, 0.05) is 45.0 Å². The van der Waals surface area contributed by atoms with Gasteiger partial charge in [-0.1, -0.05) is 44.2 Å². The second-order valence-corrected chi connectivity index (χ2v) is 10.0. The lowest BCUT2D eigenvalue weighted by Gasteiger charge is -2.39. The maximum Gasteiger partial charge on any atom is 0.415 e. The van der Waals surface area contributed by atoms with Crippen LogP contribution in [0.1, 0.15) is 62.3 Å². The van der Waals surface area contributed by atoms with Crippen molar-refractivity contribution in [2.24, 2.45) is 0 Å². The smallest absolute Gasteiger partial charge is 0.415 e. The van der Waals surface area contributed by atoms with Crippen LogP contribution in [0.2, 0.25) is 0 Å². The minimum atomic E-state index is -0.369. The molecule has 37 heavy (non-hydrogen) atoms. The fourth-order valence-electron chi connectivity index (χ4n) is 5.44. The number of anilines is 2. The van der Waals surface area contributed by atoms with Gasteiger partial charge in [0.15, 0.2) is 0 Å². The molecule has 1 aliphatic carbocycles. The van der Waals surface area contributed by atoms with Gasteiger partial charge in [-0.05, 0) is 43.4 Å². The lowest BCUT2D eigenvalue weighted by atomic mass is 9.96. The molecule has 1 saturated carbocycles. The molecule has 0 spiro atoms. The first-order chi connectivity index (χ1) is 18.0. The summed E-state index contributed by atoms with van der Waals surface area (Å²) < 4.78 is 5.20. The molecule has 2 fully saturated rings. The summed E-state index contributed by atoms with van der Waals surface area (Å²) in [6, 6.07) is 9.29. The topological polar surface area (TPSA) is 90.9 Å². The Kier molecular flexibility index (Phi) is 7.15. The second-order valence-electron chi connectivity index (χ2n) is 10.0. The van der Waals surface area contributed by atoms with Crippen molar-refractivity contribution in [2.75, 3.05) is 42.9 Å². The molecule has 1 saturated heterocycles. The van der Waals surface area contributed by atoms with Crippen molar-refractivity contribution in [3.8, 4) is 0 Å². The molecular weight excluding hydrogens is 468 g/mol. The first-order valence-electron chi connectivity index (χ1n) is 13.3. The van der Waals surface area contributed by atoms with Crippen molar-refractivity contribution in [2.45, 2.75) is 57.7 Å². The zero-order valence-corrected chi connectivity index (χ0v) is 21.8. The van der Waals surface area contributed by atoms with Crippen LogP contribution in [0.15, 0.2) is 43.1 Å². The van der Waals surface area contributed by atoms with Crippen molar-refractivity contribution < 1.29 is 14.3 Å². The number of carbonyl (C=O) groups is 2. The van der Waals surface area contributed by atoms with E-state index in [1.165, 1.54) is 17.2 Å². The van der Waals surface area contributed by atoms with E-state index in [1.54, 1.807) is 11.1 Å². The molecule has 1 unspecified atom stereocenters. The van der Waals surface area contributed by atoms with Crippen molar-refractivity contribution in [3.63, 3.8) is 0 Å². The van der Waals surface area contributed by atoms with Gasteiger partial charge in [-0.3, -0.25) is 14.6 Å². The highest BCUT2D eigenvalue weighted by molar-refractivity contribution is 5.89. The van der Waals surface area contributed by atoms with E-state index in [4.69, 9.17) is 4.74 Å². The average Bonchev–Trinajstić information content (AvgIpc) is 3.72. The number of fused-ring (bicyclic) bond motifs is 1. The number of hydrogen-bond donors (Lipinski definition) is 1. The number of nitrogens with one attached hydrogen (secondary N) is 1. The fourth-order valence-corrected chi connectivity index (χ4v) is 5.44. The maximum absolute atomic E-state index is 12.1. The quantitative estimate of drug-likeness (QED) is 0.511. The molecule has 9 heteroatoms. The zero-order chi connectivity index (χ0) is 26.0. The number of carbonyl (C=O) groups excluding carboxylic acids is 2. The molecule has 3 aliphatic rings. The Morgan fingerprint density at radius 2 is 1.92 bits per heavy atom. The van der Waals surface area contributed by atoms with Crippen LogP contribution >= 0.6 is 0 Å². The molecule has 9 nitrogen and oxygen atoms in total. The number of hydrogen-bond acceptors (Lipinski definition) is 7. The number of cyclic esters (lactones) is 1. The fraction of sp³-hybridized carbons (Fsp3) is 0.500. The predicted molar refractivity (Wildman–Crippen MR) is 142 cm³/mol. The van der Waals surface area contributed by atoms with Crippen LogP contribution in [-0.2, 0) is 21.7 Å². The maximum atomic E-state index is 12.1. The summed E-state index contributed by atoms with van der Waals surface area (Å²) in [5.74, 6) is 1.17. The SMILES string of the molecule is C=CC(=O)N1CCN(C(CCC)c2ccc(C3(Nc4ncc5c(n4)N(CC)C(=O)OC5)CC3)cc2)CC1. The van der Waals surface area contributed by atoms with Gasteiger partial charge in [-0.2, -0.15) is 4.98 Å². The van der Waals surface area contributed by atoms with Crippen molar-refractivity contribution in [1.82, 2.24) is 19.8 Å². The summed E-state index contributed by atoms with van der Waals surface area (Å²) in [6.45, 7) is 11.7. The van der Waals surface area contributed by atoms with Crippen molar-refractivity contribution >= 4 is 23.8 Å². The van der Waals surface area contributed by atoms with Crippen LogP contribution in [-0.4, -0.2) is 64.5 Å². The molecule has 2 aliphatic heterocycles. The number of benzene rings is 1. The van der Waals surface area contributed by atoms with Gasteiger partial charge in [0.25, 0.3) is 0 Å². The number of ether oxygens (including phenoxy) is 1. The Bertz CT molecular complexity index is 1160. The van der Waals surface area contributed by atoms with E-state index in [0.717, 1.165) is 57.4 Å². The van der Waals surface area contributed by atoms with Crippen LogP contribution in [0.5, 0.6) is 0 Å². The Morgan fingerprint density at radius 3 is 2.54 bits per heavy atom. The summed E-state index contributed by atoms with van der Waals surface area (Å²) in [5, 5.41) is 3.56. The van der Waals surface area contributed by atoms with Gasteiger partial charge < -0.3 is 15.0 Å². The molecule has 5 rings (SSSR count). The third kappa shape index (κ3) is 5.05. The summed E-state index contributed by atoms with van der Waals surface area (Å²) in [7, 11) is 0. The lowest BCUT2D eigenvalue weighted by molar-refractivity contribution is -0.128. The predicted octanol–water partition coefficient (Wildman–Crippen LogP) is 4.23. The molecule has 1 N–H and O–H groups in total. The highest BCUT2D eigenvalue weighted by Gasteiger charge is 2.45. The van der Waals surface area contributed by atoms with E-state index in [1.807, 2.05) is 11.8 Å². The highest BCUT2D eigenvalue weighted by atomic mass is 16.6. The highest BCUT2D eigenvalue weighted by Crippen LogP contribution is 2.48. The normalized spacial score (nSPS) is 19.6. The molecular formula is C28H36N6O3. The van der Waals surface area contributed by atoms with E-state index in [-0.39, 0.29) is 24.1 Å². The molecule has 0 bridgehead atoms. The van der Waals surface area contributed by atoms with Gasteiger partial charge >= 0.3 is 6.09 Å². The Hall–Kier alpha value is -3.46. The standard InChI is InChI=1S/C28H36N6O3/c1-4-7-23(32-14-16-33(17-15-32)24(35)5-2)20-8-10-22(11-9-20)28(12-13-28)31-26-29-18-21-19-37-27(36)34(6-3)25(21)30-26/h5,8-11,18,23H,2,4,6-7,12-17,19H2,1,3H3,(H,29,30,31). The number of amides is 2. The number of piperazine rings is 1. The van der Waals surface area contributed by atoms with Crippen molar-refractivity contribution in [1.29, 1.82) is 0 Å². The van der Waals surface area contributed by atoms with Crippen molar-refractivity contribution in [3.05, 3.63) is 59.8 Å². The average molecular weight is 505 g/mol. The molecule has 1 atom stereocenters. The van der Waals surface area contributed by atoms with Gasteiger partial charge in [0.1, 0.15) is 12.4 Å². The van der Waals surface area contributed by atoms with Crippen LogP contribution < -0.4 is 10.2 Å². The summed E-state index contributed by atoms with van der Waals surface area (Å²) in [5.41, 5.74) is 3.17. The minimum Gasteiger partial charge on any atom is -0.444 e. The zero-order valence-electron chi connectivity index (χ0n) is 21.8. The molecule has 0 radical (unpaired) electrons. The Balaban J connectivity index is 1.29. The summed E-state index contributed by atoms with van der Waals surface area (Å²) in [6.07, 6.45) is 6.97. The monoisotopic (exact) mass is 504 g/mol. The molecule has 3 heterocycles. The Morgan fingerprint density at radius 1 is 1.19 bits per heavy atom. The molecule has 196 valence electrons. The lowest BCUT2D eigenvalue weighted by Crippen LogP contribution is -2.49. The summed E-state index contributed by atoms with van der Waals surface area (Å²) >= 11 is 0. The van der Waals surface area contributed by atoms with Crippen LogP contribution in [0.25, 0.3) is 0 Å². The van der Waals surface area contributed by atoms with E-state index in [2.05, 4.69) is 58.0 Å². The third-order valence-corrected chi connectivity index (χ3v) is 7.74. The van der Waals surface area contributed by atoms with Gasteiger partial charge in [-0.25, -0.2) is 9.78 Å². The number of nitrogens with zero attached hydrogens (tertiary/aromatic N) is 5. The minimum absolute atomic E-state index is 0.0171. The Labute approximate surface area is 218 Å². The number of rotatable bonds is 9. The molecule has 2 amide bonds. The molecule has 2 aromatic rings. The van der Waals surface area contributed by atoms with Crippen LogP contribution in [0, 0.1) is 0 Å². The largest absolute Gasteiger partial charge is 0.444 e. The van der Waals surface area contributed by atoms with Crippen LogP contribution in [0.3, 0.4) is 0 Å². The molecule has 1 aromatic carbocycles. The van der Waals surface area contributed by atoms with E-state index in [9.17, 15) is 9.59 Å². The number of aromatic nitrogens is 2. The van der Waals surface area contributed by atoms with E-state index >= 15 is 0 Å². The van der Waals surface area contributed by atoms with E-state index in [0.29, 0.717) is 24.4 Å². The molecule has 1 aromatic heterocycles. The second kappa shape index (κ2) is 10.5. The van der Waals surface area contributed by atoms with Crippen LogP contribution in [0.4, 0.5) is 16.6 Å². The van der Waals surface area contributed by atoms with Gasteiger partial charge in [0.05, 0.1) is 11.1 Å². The summed E-state index contributed by atoms with van der Waals surface area (Å²) in [4.78, 5) is 39.2. The first-order valence-corrected chi connectivity index (χ1v) is 13.3. The van der Waals surface area contributed by atoms with Gasteiger partial charge in [0.2, 0.25) is 11.9 Å². The van der Waals surface area contributed by atoms with E-state index < -0.39 is 0 Å². The third-order valence-electron chi connectivity index (χ3n) is 7.74.